The first-order chi connectivity index (χ1) is 10.5. The summed E-state index contributed by atoms with van der Waals surface area (Å²) in [7, 11) is -3.80. The first-order valence-corrected chi connectivity index (χ1v) is 8.24. The molecule has 1 aliphatic rings. The molecule has 116 valence electrons. The summed E-state index contributed by atoms with van der Waals surface area (Å²) in [6.07, 6.45) is 2.90. The SMILES string of the molecule is O=[N+]([O-])c1cccc(S(=O)(=O)N2CCCC2c2ccco2)c1. The van der Waals surface area contributed by atoms with E-state index < -0.39 is 14.9 Å². The van der Waals surface area contributed by atoms with Crippen LogP contribution < -0.4 is 0 Å². The van der Waals surface area contributed by atoms with Gasteiger partial charge in [0.2, 0.25) is 10.0 Å². The molecule has 2 aromatic rings. The summed E-state index contributed by atoms with van der Waals surface area (Å²) < 4.78 is 32.2. The van der Waals surface area contributed by atoms with E-state index in [2.05, 4.69) is 0 Å². The molecular weight excluding hydrogens is 308 g/mol. The minimum Gasteiger partial charge on any atom is -0.468 e. The van der Waals surface area contributed by atoms with Crippen LogP contribution in [0.4, 0.5) is 5.69 Å². The van der Waals surface area contributed by atoms with E-state index >= 15 is 0 Å². The first-order valence-electron chi connectivity index (χ1n) is 6.80. The lowest BCUT2D eigenvalue weighted by Crippen LogP contribution is -2.30. The highest BCUT2D eigenvalue weighted by Crippen LogP contribution is 2.37. The molecule has 1 saturated heterocycles. The summed E-state index contributed by atoms with van der Waals surface area (Å²) in [5.74, 6) is 0.589. The van der Waals surface area contributed by atoms with E-state index in [1.54, 1.807) is 12.1 Å². The molecule has 0 radical (unpaired) electrons. The summed E-state index contributed by atoms with van der Waals surface area (Å²) in [6, 6.07) is 8.21. The summed E-state index contributed by atoms with van der Waals surface area (Å²) in [6.45, 7) is 0.371. The van der Waals surface area contributed by atoms with E-state index in [4.69, 9.17) is 4.42 Å². The van der Waals surface area contributed by atoms with Crippen molar-refractivity contribution in [1.82, 2.24) is 4.31 Å². The monoisotopic (exact) mass is 322 g/mol. The number of furan rings is 1. The predicted molar refractivity (Wildman–Crippen MR) is 77.7 cm³/mol. The molecule has 2 heterocycles. The molecule has 0 spiro atoms. The number of nitro benzene ring substituents is 1. The van der Waals surface area contributed by atoms with Crippen molar-refractivity contribution in [2.24, 2.45) is 0 Å². The minimum atomic E-state index is -3.80. The van der Waals surface area contributed by atoms with Crippen molar-refractivity contribution in [1.29, 1.82) is 0 Å². The Morgan fingerprint density at radius 2 is 2.09 bits per heavy atom. The summed E-state index contributed by atoms with van der Waals surface area (Å²) in [4.78, 5) is 10.2. The van der Waals surface area contributed by atoms with Gasteiger partial charge >= 0.3 is 0 Å². The smallest absolute Gasteiger partial charge is 0.270 e. The Labute approximate surface area is 127 Å². The van der Waals surface area contributed by atoms with Crippen LogP contribution in [-0.2, 0) is 10.0 Å². The quantitative estimate of drug-likeness (QED) is 0.637. The van der Waals surface area contributed by atoms with Crippen molar-refractivity contribution >= 4 is 15.7 Å². The third-order valence-electron chi connectivity index (χ3n) is 3.71. The molecule has 1 unspecified atom stereocenters. The Hall–Kier alpha value is -2.19. The molecule has 0 N–H and O–H groups in total. The normalized spacial score (nSPS) is 19.4. The van der Waals surface area contributed by atoms with Crippen LogP contribution in [-0.4, -0.2) is 24.2 Å². The zero-order chi connectivity index (χ0) is 15.7. The molecule has 1 aliphatic heterocycles. The fourth-order valence-electron chi connectivity index (χ4n) is 2.69. The molecule has 8 heteroatoms. The van der Waals surface area contributed by atoms with Gasteiger partial charge in [0.25, 0.3) is 5.69 Å². The Morgan fingerprint density at radius 1 is 1.27 bits per heavy atom. The van der Waals surface area contributed by atoms with Crippen molar-refractivity contribution in [3.63, 3.8) is 0 Å². The van der Waals surface area contributed by atoms with Gasteiger partial charge in [-0.25, -0.2) is 8.42 Å². The minimum absolute atomic E-state index is 0.0693. The number of nitro groups is 1. The maximum Gasteiger partial charge on any atom is 0.270 e. The zero-order valence-electron chi connectivity index (χ0n) is 11.6. The Balaban J connectivity index is 1.99. The van der Waals surface area contributed by atoms with Crippen molar-refractivity contribution in [2.75, 3.05) is 6.54 Å². The van der Waals surface area contributed by atoms with Crippen molar-refractivity contribution < 1.29 is 17.8 Å². The van der Waals surface area contributed by atoms with E-state index in [9.17, 15) is 18.5 Å². The topological polar surface area (TPSA) is 93.7 Å². The van der Waals surface area contributed by atoms with Crippen molar-refractivity contribution in [2.45, 2.75) is 23.8 Å². The molecule has 7 nitrogen and oxygen atoms in total. The molecule has 0 bridgehead atoms. The van der Waals surface area contributed by atoms with Crippen LogP contribution in [0.25, 0.3) is 0 Å². The van der Waals surface area contributed by atoms with Crippen LogP contribution in [0.15, 0.2) is 52.0 Å². The van der Waals surface area contributed by atoms with Gasteiger partial charge in [0.1, 0.15) is 5.76 Å². The predicted octanol–water partition coefficient (Wildman–Crippen LogP) is 2.71. The van der Waals surface area contributed by atoms with E-state index in [0.717, 1.165) is 12.5 Å². The van der Waals surface area contributed by atoms with E-state index in [1.807, 2.05) is 0 Å². The van der Waals surface area contributed by atoms with Crippen molar-refractivity contribution in [3.05, 3.63) is 58.5 Å². The molecule has 0 aliphatic carbocycles. The van der Waals surface area contributed by atoms with E-state index in [1.165, 1.54) is 28.8 Å². The highest BCUT2D eigenvalue weighted by molar-refractivity contribution is 7.89. The van der Waals surface area contributed by atoms with Crippen LogP contribution in [0.2, 0.25) is 0 Å². The summed E-state index contributed by atoms with van der Waals surface area (Å²) in [5.41, 5.74) is -0.241. The summed E-state index contributed by atoms with van der Waals surface area (Å²) in [5, 5.41) is 10.8. The van der Waals surface area contributed by atoms with Crippen LogP contribution in [0.5, 0.6) is 0 Å². The number of nitrogens with zero attached hydrogens (tertiary/aromatic N) is 2. The maximum atomic E-state index is 12.8. The lowest BCUT2D eigenvalue weighted by atomic mass is 10.2. The second-order valence-corrected chi connectivity index (χ2v) is 6.93. The van der Waals surface area contributed by atoms with Crippen LogP contribution in [0, 0.1) is 10.1 Å². The van der Waals surface area contributed by atoms with E-state index in [0.29, 0.717) is 18.7 Å². The molecule has 1 aromatic heterocycles. The Bertz CT molecular complexity index is 785. The van der Waals surface area contributed by atoms with Gasteiger partial charge in [-0.05, 0) is 31.0 Å². The number of hydrogen-bond acceptors (Lipinski definition) is 5. The molecule has 0 saturated carbocycles. The third-order valence-corrected chi connectivity index (χ3v) is 5.61. The van der Waals surface area contributed by atoms with Gasteiger partial charge in [-0.3, -0.25) is 10.1 Å². The molecule has 0 amide bonds. The molecule has 1 fully saturated rings. The largest absolute Gasteiger partial charge is 0.468 e. The van der Waals surface area contributed by atoms with E-state index in [-0.39, 0.29) is 16.6 Å². The second-order valence-electron chi connectivity index (χ2n) is 5.04. The average Bonchev–Trinajstić information content (AvgIpc) is 3.18. The van der Waals surface area contributed by atoms with Crippen LogP contribution >= 0.6 is 0 Å². The average molecular weight is 322 g/mol. The maximum absolute atomic E-state index is 12.8. The van der Waals surface area contributed by atoms with Gasteiger partial charge in [0, 0.05) is 18.7 Å². The van der Waals surface area contributed by atoms with Gasteiger partial charge in [0.15, 0.2) is 0 Å². The van der Waals surface area contributed by atoms with Gasteiger partial charge in [0.05, 0.1) is 22.1 Å². The lowest BCUT2D eigenvalue weighted by Gasteiger charge is -2.22. The Kier molecular flexibility index (Phi) is 3.71. The Morgan fingerprint density at radius 3 is 2.77 bits per heavy atom. The molecule has 1 aromatic carbocycles. The highest BCUT2D eigenvalue weighted by atomic mass is 32.2. The van der Waals surface area contributed by atoms with Crippen molar-refractivity contribution in [3.8, 4) is 0 Å². The number of non-ortho nitro benzene ring substituents is 1. The van der Waals surface area contributed by atoms with Crippen LogP contribution in [0.3, 0.4) is 0 Å². The fourth-order valence-corrected chi connectivity index (χ4v) is 4.39. The third kappa shape index (κ3) is 2.51. The lowest BCUT2D eigenvalue weighted by molar-refractivity contribution is -0.385. The molecule has 1 atom stereocenters. The van der Waals surface area contributed by atoms with Crippen LogP contribution in [0.1, 0.15) is 24.6 Å². The number of benzene rings is 1. The number of hydrogen-bond donors (Lipinski definition) is 0. The standard InChI is InChI=1S/C14H14N2O5S/c17-16(18)11-4-1-5-12(10-11)22(19,20)15-8-2-6-13(15)14-7-3-9-21-14/h1,3-5,7,9-10,13H,2,6,8H2. The summed E-state index contributed by atoms with van der Waals surface area (Å²) >= 11 is 0. The molecular formula is C14H14N2O5S. The zero-order valence-corrected chi connectivity index (χ0v) is 12.4. The highest BCUT2D eigenvalue weighted by Gasteiger charge is 2.38. The fraction of sp³-hybridized carbons (Fsp3) is 0.286. The van der Waals surface area contributed by atoms with Gasteiger partial charge in [-0.1, -0.05) is 6.07 Å². The number of sulfonamides is 1. The number of rotatable bonds is 4. The van der Waals surface area contributed by atoms with Gasteiger partial charge in [-0.2, -0.15) is 4.31 Å². The van der Waals surface area contributed by atoms with Gasteiger partial charge in [-0.15, -0.1) is 0 Å². The van der Waals surface area contributed by atoms with Gasteiger partial charge < -0.3 is 4.42 Å². The first kappa shape index (κ1) is 14.7. The molecule has 3 rings (SSSR count). The molecule has 22 heavy (non-hydrogen) atoms. The second kappa shape index (κ2) is 5.54.